The van der Waals surface area contributed by atoms with Crippen LogP contribution in [0, 0.1) is 17.8 Å². The third-order valence-corrected chi connectivity index (χ3v) is 10.0. The van der Waals surface area contributed by atoms with Crippen LogP contribution in [0.1, 0.15) is 36.8 Å². The van der Waals surface area contributed by atoms with Gasteiger partial charge in [0.15, 0.2) is 0 Å². The van der Waals surface area contributed by atoms with E-state index in [1.807, 2.05) is 12.1 Å². The first-order valence-electron chi connectivity index (χ1n) is 14.3. The molecule has 2 aromatic rings. The Morgan fingerprint density at radius 2 is 1.84 bits per heavy atom. The number of fused-ring (bicyclic) bond motifs is 3. The summed E-state index contributed by atoms with van der Waals surface area (Å²) in [6.07, 6.45) is 9.07. The standard InChI is InChI=1S/C31H39N5O2/c1-35-13-15-36(16-14-35)22-7-3-20(4-8-22)5-11-27-24-10-6-21(17-29(24)34-33-27)26-19-31(26)25-18-23(38-2)9-12-28(25)32-30(31)37/h3-5,7-9,11-12,18,21,24,26-27,29,33-34H,6,10,13-17,19H2,1-2H3,(H,32,37)/b11-5+/t21?,24?,26?,27?,29?,31-/m0/s1. The maximum atomic E-state index is 13.1. The largest absolute Gasteiger partial charge is 0.497 e. The molecule has 6 atom stereocenters. The van der Waals surface area contributed by atoms with Crippen molar-refractivity contribution < 1.29 is 9.53 Å². The van der Waals surface area contributed by atoms with Crippen molar-refractivity contribution in [1.29, 1.82) is 0 Å². The second-order valence-corrected chi connectivity index (χ2v) is 12.0. The van der Waals surface area contributed by atoms with Crippen molar-refractivity contribution in [1.82, 2.24) is 15.8 Å². The number of hydrazine groups is 1. The van der Waals surface area contributed by atoms with Crippen LogP contribution >= 0.6 is 0 Å². The van der Waals surface area contributed by atoms with Crippen LogP contribution in [0.15, 0.2) is 48.5 Å². The molecule has 5 aliphatic rings. The van der Waals surface area contributed by atoms with E-state index in [0.717, 1.165) is 56.0 Å². The van der Waals surface area contributed by atoms with E-state index in [0.29, 0.717) is 29.8 Å². The Hall–Kier alpha value is -2.87. The van der Waals surface area contributed by atoms with Crippen molar-refractivity contribution in [3.05, 3.63) is 59.7 Å². The van der Waals surface area contributed by atoms with E-state index in [2.05, 4.69) is 75.5 Å². The Balaban J connectivity index is 0.977. The lowest BCUT2D eigenvalue weighted by molar-refractivity contribution is -0.118. The lowest BCUT2D eigenvalue weighted by atomic mass is 9.73. The summed E-state index contributed by atoms with van der Waals surface area (Å²) in [6, 6.07) is 15.8. The molecule has 3 heterocycles. The number of benzene rings is 2. The molecular formula is C31H39N5O2. The second kappa shape index (κ2) is 9.40. The van der Waals surface area contributed by atoms with Gasteiger partial charge in [-0.05, 0) is 91.9 Å². The van der Waals surface area contributed by atoms with Crippen LogP contribution in [0.4, 0.5) is 11.4 Å². The number of likely N-dealkylation sites (N-methyl/N-ethyl adjacent to an activating group) is 1. The predicted octanol–water partition coefficient (Wildman–Crippen LogP) is 3.63. The van der Waals surface area contributed by atoms with Gasteiger partial charge in [0.1, 0.15) is 5.75 Å². The van der Waals surface area contributed by atoms with Crippen molar-refractivity contribution in [2.24, 2.45) is 17.8 Å². The van der Waals surface area contributed by atoms with E-state index in [9.17, 15) is 4.79 Å². The number of ether oxygens (including phenoxy) is 1. The van der Waals surface area contributed by atoms with E-state index in [-0.39, 0.29) is 11.3 Å². The summed E-state index contributed by atoms with van der Waals surface area (Å²) in [5.41, 5.74) is 11.5. The smallest absolute Gasteiger partial charge is 0.235 e. The average Bonchev–Trinajstić information content (AvgIpc) is 3.49. The summed E-state index contributed by atoms with van der Waals surface area (Å²) in [6.45, 7) is 4.45. The summed E-state index contributed by atoms with van der Waals surface area (Å²) in [5.74, 6) is 2.60. The first-order valence-corrected chi connectivity index (χ1v) is 14.3. The molecule has 2 saturated heterocycles. The molecule has 5 unspecified atom stereocenters. The number of anilines is 2. The van der Waals surface area contributed by atoms with Gasteiger partial charge in [-0.2, -0.15) is 0 Å². The summed E-state index contributed by atoms with van der Waals surface area (Å²) in [7, 11) is 3.89. The Labute approximate surface area is 225 Å². The van der Waals surface area contributed by atoms with Crippen molar-refractivity contribution in [3.8, 4) is 5.75 Å². The van der Waals surface area contributed by atoms with Crippen molar-refractivity contribution in [2.45, 2.75) is 43.2 Å². The monoisotopic (exact) mass is 513 g/mol. The molecular weight excluding hydrogens is 474 g/mol. The number of methoxy groups -OCH3 is 1. The number of rotatable bonds is 5. The maximum absolute atomic E-state index is 13.1. The van der Waals surface area contributed by atoms with Gasteiger partial charge in [-0.1, -0.05) is 24.3 Å². The number of nitrogens with zero attached hydrogens (tertiary/aromatic N) is 2. The highest BCUT2D eigenvalue weighted by molar-refractivity contribution is 6.09. The van der Waals surface area contributed by atoms with Gasteiger partial charge in [0.05, 0.1) is 12.5 Å². The second-order valence-electron chi connectivity index (χ2n) is 12.0. The maximum Gasteiger partial charge on any atom is 0.235 e. The van der Waals surface area contributed by atoms with Crippen LogP contribution in [0.2, 0.25) is 0 Å². The molecule has 2 saturated carbocycles. The highest BCUT2D eigenvalue weighted by Crippen LogP contribution is 2.65. The first-order chi connectivity index (χ1) is 18.5. The summed E-state index contributed by atoms with van der Waals surface area (Å²) >= 11 is 0. The Bertz CT molecular complexity index is 1240. The van der Waals surface area contributed by atoms with Crippen LogP contribution < -0.4 is 25.8 Å². The lowest BCUT2D eigenvalue weighted by Crippen LogP contribution is -2.44. The number of hydrogen-bond acceptors (Lipinski definition) is 6. The zero-order chi connectivity index (χ0) is 25.9. The first kappa shape index (κ1) is 24.2. The molecule has 38 heavy (non-hydrogen) atoms. The van der Waals surface area contributed by atoms with Crippen molar-refractivity contribution in [2.75, 3.05) is 50.6 Å². The molecule has 4 fully saturated rings. The minimum Gasteiger partial charge on any atom is -0.497 e. The fourth-order valence-electron chi connectivity index (χ4n) is 7.68. The number of carbonyl (C=O) groups is 1. The highest BCUT2D eigenvalue weighted by Gasteiger charge is 2.67. The van der Waals surface area contributed by atoms with Crippen LogP contribution in [-0.4, -0.2) is 63.2 Å². The molecule has 3 aliphatic heterocycles. The lowest BCUT2D eigenvalue weighted by Gasteiger charge is -2.34. The number of hydrogen-bond donors (Lipinski definition) is 3. The molecule has 3 N–H and O–H groups in total. The highest BCUT2D eigenvalue weighted by atomic mass is 16.5. The summed E-state index contributed by atoms with van der Waals surface area (Å²) < 4.78 is 5.47. The quantitative estimate of drug-likeness (QED) is 0.568. The molecule has 7 heteroatoms. The van der Waals surface area contributed by atoms with Gasteiger partial charge in [0.25, 0.3) is 0 Å². The average molecular weight is 514 g/mol. The minimum absolute atomic E-state index is 0.185. The topological polar surface area (TPSA) is 68.9 Å². The van der Waals surface area contributed by atoms with Crippen LogP contribution in [0.25, 0.3) is 6.08 Å². The fraction of sp³-hybridized carbons (Fsp3) is 0.516. The van der Waals surface area contributed by atoms with E-state index >= 15 is 0 Å². The van der Waals surface area contributed by atoms with Gasteiger partial charge in [-0.25, -0.2) is 0 Å². The van der Waals surface area contributed by atoms with Gasteiger partial charge in [-0.3, -0.25) is 15.6 Å². The molecule has 1 spiro atoms. The van der Waals surface area contributed by atoms with Crippen molar-refractivity contribution in [3.63, 3.8) is 0 Å². The number of amides is 1. The van der Waals surface area contributed by atoms with Gasteiger partial charge in [0, 0.05) is 49.6 Å². The number of nitrogens with one attached hydrogen (secondary N) is 3. The van der Waals surface area contributed by atoms with Gasteiger partial charge in [-0.15, -0.1) is 0 Å². The minimum atomic E-state index is -0.344. The predicted molar refractivity (Wildman–Crippen MR) is 151 cm³/mol. The van der Waals surface area contributed by atoms with E-state index < -0.39 is 0 Å². The molecule has 200 valence electrons. The molecule has 0 radical (unpaired) electrons. The molecule has 2 aromatic carbocycles. The zero-order valence-electron chi connectivity index (χ0n) is 22.5. The van der Waals surface area contributed by atoms with Crippen LogP contribution in [-0.2, 0) is 10.2 Å². The summed E-state index contributed by atoms with van der Waals surface area (Å²) in [4.78, 5) is 18.0. The summed E-state index contributed by atoms with van der Waals surface area (Å²) in [5, 5.41) is 3.14. The van der Waals surface area contributed by atoms with Crippen LogP contribution in [0.3, 0.4) is 0 Å². The van der Waals surface area contributed by atoms with Crippen LogP contribution in [0.5, 0.6) is 5.75 Å². The SMILES string of the molecule is COc1ccc2c(c1)[C@]1(CC1C1CCC3C(/C=C/c4ccc(N5CCN(C)CC5)cc4)NNC3C1)C(=O)N2. The molecule has 0 bridgehead atoms. The van der Waals surface area contributed by atoms with Gasteiger partial charge < -0.3 is 19.9 Å². The third kappa shape index (κ3) is 4.03. The Kier molecular flexibility index (Phi) is 5.98. The van der Waals surface area contributed by atoms with E-state index in [1.54, 1.807) is 7.11 Å². The van der Waals surface area contributed by atoms with Crippen molar-refractivity contribution >= 4 is 23.4 Å². The van der Waals surface area contributed by atoms with Gasteiger partial charge in [0.2, 0.25) is 5.91 Å². The molecule has 1 amide bonds. The van der Waals surface area contributed by atoms with E-state index in [1.165, 1.54) is 24.1 Å². The fourth-order valence-corrected chi connectivity index (χ4v) is 7.68. The molecule has 0 aromatic heterocycles. The normalized spacial score (nSPS) is 34.4. The third-order valence-electron chi connectivity index (χ3n) is 10.0. The number of piperazine rings is 1. The molecule has 7 nitrogen and oxygen atoms in total. The number of carbonyl (C=O) groups excluding carboxylic acids is 1. The Morgan fingerprint density at radius 1 is 1.03 bits per heavy atom. The van der Waals surface area contributed by atoms with Gasteiger partial charge >= 0.3 is 0 Å². The molecule has 7 rings (SSSR count). The molecule has 2 aliphatic carbocycles. The zero-order valence-corrected chi connectivity index (χ0v) is 22.5. The Morgan fingerprint density at radius 3 is 2.63 bits per heavy atom. The van der Waals surface area contributed by atoms with E-state index in [4.69, 9.17) is 4.74 Å².